The van der Waals surface area contributed by atoms with Crippen molar-refractivity contribution in [3.63, 3.8) is 0 Å². The summed E-state index contributed by atoms with van der Waals surface area (Å²) in [6, 6.07) is 2.76. The summed E-state index contributed by atoms with van der Waals surface area (Å²) in [4.78, 5) is 37.3. The fourth-order valence-corrected chi connectivity index (χ4v) is 2.11. The lowest BCUT2D eigenvalue weighted by molar-refractivity contribution is -0.137. The summed E-state index contributed by atoms with van der Waals surface area (Å²) in [5.74, 6) is -2.72. The number of rotatable bonds is 4. The van der Waals surface area contributed by atoms with E-state index in [1.807, 2.05) is 0 Å². The SMILES string of the molecule is O=CN1CCN(C(=O)CC(=O)Nc2ccc(F)cc2F)CC1. The first kappa shape index (κ1) is 15.9. The van der Waals surface area contributed by atoms with Crippen LogP contribution in [0.2, 0.25) is 0 Å². The van der Waals surface area contributed by atoms with Crippen LogP contribution in [-0.4, -0.2) is 54.2 Å². The molecule has 0 radical (unpaired) electrons. The number of amides is 3. The molecule has 1 heterocycles. The molecule has 2 rings (SSSR count). The molecule has 1 N–H and O–H groups in total. The van der Waals surface area contributed by atoms with Crippen LogP contribution in [0.15, 0.2) is 18.2 Å². The average molecular weight is 311 g/mol. The van der Waals surface area contributed by atoms with Gasteiger partial charge in [-0.15, -0.1) is 0 Å². The quantitative estimate of drug-likeness (QED) is 0.654. The molecule has 8 heteroatoms. The predicted octanol–water partition coefficient (Wildman–Crippen LogP) is 0.594. The second kappa shape index (κ2) is 6.97. The highest BCUT2D eigenvalue weighted by Crippen LogP contribution is 2.15. The number of carbonyl (C=O) groups excluding carboxylic acids is 3. The van der Waals surface area contributed by atoms with Gasteiger partial charge in [0.05, 0.1) is 5.69 Å². The van der Waals surface area contributed by atoms with Crippen LogP contribution in [0, 0.1) is 11.6 Å². The van der Waals surface area contributed by atoms with E-state index in [9.17, 15) is 23.2 Å². The molecule has 1 aromatic carbocycles. The van der Waals surface area contributed by atoms with Crippen LogP contribution >= 0.6 is 0 Å². The van der Waals surface area contributed by atoms with Crippen LogP contribution in [0.1, 0.15) is 6.42 Å². The Morgan fingerprint density at radius 3 is 2.45 bits per heavy atom. The topological polar surface area (TPSA) is 69.7 Å². The molecule has 0 atom stereocenters. The normalized spacial score (nSPS) is 14.6. The summed E-state index contributed by atoms with van der Waals surface area (Å²) >= 11 is 0. The van der Waals surface area contributed by atoms with Crippen molar-refractivity contribution in [3.8, 4) is 0 Å². The summed E-state index contributed by atoms with van der Waals surface area (Å²) in [5, 5.41) is 2.23. The molecule has 1 aromatic rings. The monoisotopic (exact) mass is 311 g/mol. The van der Waals surface area contributed by atoms with Gasteiger partial charge in [-0.1, -0.05) is 0 Å². The minimum Gasteiger partial charge on any atom is -0.342 e. The van der Waals surface area contributed by atoms with E-state index in [1.54, 1.807) is 0 Å². The molecule has 0 aromatic heterocycles. The van der Waals surface area contributed by atoms with E-state index in [1.165, 1.54) is 9.80 Å². The first-order chi connectivity index (χ1) is 10.5. The lowest BCUT2D eigenvalue weighted by Gasteiger charge is -2.32. The minimum atomic E-state index is -0.902. The van der Waals surface area contributed by atoms with E-state index < -0.39 is 29.9 Å². The van der Waals surface area contributed by atoms with Crippen molar-refractivity contribution in [1.82, 2.24) is 9.80 Å². The standard InChI is InChI=1S/C14H15F2N3O3/c15-10-1-2-12(11(16)7-10)17-13(21)8-14(22)19-5-3-18(9-20)4-6-19/h1-2,7,9H,3-6,8H2,(H,17,21). The zero-order valence-electron chi connectivity index (χ0n) is 11.7. The van der Waals surface area contributed by atoms with E-state index in [-0.39, 0.29) is 5.69 Å². The zero-order chi connectivity index (χ0) is 16.1. The highest BCUT2D eigenvalue weighted by atomic mass is 19.1. The number of halogens is 2. The summed E-state index contributed by atoms with van der Waals surface area (Å²) in [7, 11) is 0. The lowest BCUT2D eigenvalue weighted by atomic mass is 10.2. The van der Waals surface area contributed by atoms with Crippen molar-refractivity contribution in [1.29, 1.82) is 0 Å². The molecule has 0 unspecified atom stereocenters. The van der Waals surface area contributed by atoms with Crippen molar-refractivity contribution in [3.05, 3.63) is 29.8 Å². The van der Waals surface area contributed by atoms with Crippen LogP contribution < -0.4 is 5.32 Å². The fourth-order valence-electron chi connectivity index (χ4n) is 2.11. The molecule has 6 nitrogen and oxygen atoms in total. The molecule has 1 aliphatic rings. The lowest BCUT2D eigenvalue weighted by Crippen LogP contribution is -2.48. The predicted molar refractivity (Wildman–Crippen MR) is 73.8 cm³/mol. The number of carbonyl (C=O) groups is 3. The molecular weight excluding hydrogens is 296 g/mol. The molecule has 0 saturated carbocycles. The maximum Gasteiger partial charge on any atom is 0.233 e. The first-order valence-electron chi connectivity index (χ1n) is 6.71. The maximum atomic E-state index is 13.4. The third kappa shape index (κ3) is 4.00. The van der Waals surface area contributed by atoms with Gasteiger partial charge in [-0.3, -0.25) is 14.4 Å². The first-order valence-corrected chi connectivity index (χ1v) is 6.71. The molecular formula is C14H15F2N3O3. The Morgan fingerprint density at radius 2 is 1.86 bits per heavy atom. The number of anilines is 1. The Balaban J connectivity index is 1.86. The van der Waals surface area contributed by atoms with Gasteiger partial charge in [0, 0.05) is 32.2 Å². The Bertz CT molecular complexity index is 587. The zero-order valence-corrected chi connectivity index (χ0v) is 11.7. The van der Waals surface area contributed by atoms with Crippen molar-refractivity contribution in [2.75, 3.05) is 31.5 Å². The Morgan fingerprint density at radius 1 is 1.18 bits per heavy atom. The Hall–Kier alpha value is -2.51. The summed E-state index contributed by atoms with van der Waals surface area (Å²) < 4.78 is 26.2. The van der Waals surface area contributed by atoms with Crippen LogP contribution in [-0.2, 0) is 14.4 Å². The molecule has 1 saturated heterocycles. The van der Waals surface area contributed by atoms with Gasteiger partial charge in [-0.25, -0.2) is 8.78 Å². The van der Waals surface area contributed by atoms with Crippen LogP contribution in [0.4, 0.5) is 14.5 Å². The van der Waals surface area contributed by atoms with Gasteiger partial charge in [0.15, 0.2) is 0 Å². The third-order valence-corrected chi connectivity index (χ3v) is 3.33. The molecule has 0 aliphatic carbocycles. The molecule has 1 aliphatic heterocycles. The summed E-state index contributed by atoms with van der Waals surface area (Å²) in [6.45, 7) is 1.55. The highest BCUT2D eigenvalue weighted by molar-refractivity contribution is 6.03. The average Bonchev–Trinajstić information content (AvgIpc) is 2.50. The number of hydrogen-bond donors (Lipinski definition) is 1. The van der Waals surface area contributed by atoms with Crippen molar-refractivity contribution < 1.29 is 23.2 Å². The summed E-state index contributed by atoms with van der Waals surface area (Å²) in [5.41, 5.74) is -0.176. The molecule has 3 amide bonds. The van der Waals surface area contributed by atoms with Gasteiger partial charge in [-0.05, 0) is 12.1 Å². The smallest absolute Gasteiger partial charge is 0.233 e. The number of hydrogen-bond acceptors (Lipinski definition) is 3. The van der Waals surface area contributed by atoms with E-state index in [0.717, 1.165) is 12.1 Å². The van der Waals surface area contributed by atoms with E-state index >= 15 is 0 Å². The van der Waals surface area contributed by atoms with E-state index in [2.05, 4.69) is 5.32 Å². The maximum absolute atomic E-state index is 13.4. The van der Waals surface area contributed by atoms with Gasteiger partial charge < -0.3 is 15.1 Å². The largest absolute Gasteiger partial charge is 0.342 e. The molecule has 22 heavy (non-hydrogen) atoms. The van der Waals surface area contributed by atoms with Gasteiger partial charge in [0.2, 0.25) is 18.2 Å². The minimum absolute atomic E-state index is 0.176. The molecule has 1 fully saturated rings. The van der Waals surface area contributed by atoms with Crippen molar-refractivity contribution >= 4 is 23.9 Å². The van der Waals surface area contributed by atoms with E-state index in [0.29, 0.717) is 38.7 Å². The van der Waals surface area contributed by atoms with Crippen molar-refractivity contribution in [2.24, 2.45) is 0 Å². The van der Waals surface area contributed by atoms with Crippen LogP contribution in [0.5, 0.6) is 0 Å². The molecule has 0 spiro atoms. The van der Waals surface area contributed by atoms with Crippen molar-refractivity contribution in [2.45, 2.75) is 6.42 Å². The number of benzene rings is 1. The van der Waals surface area contributed by atoms with Crippen LogP contribution in [0.25, 0.3) is 0 Å². The van der Waals surface area contributed by atoms with Gasteiger partial charge in [-0.2, -0.15) is 0 Å². The Labute approximate surface area is 125 Å². The van der Waals surface area contributed by atoms with Gasteiger partial charge >= 0.3 is 0 Å². The highest BCUT2D eigenvalue weighted by Gasteiger charge is 2.22. The number of nitrogens with one attached hydrogen (secondary N) is 1. The number of piperazine rings is 1. The molecule has 118 valence electrons. The second-order valence-corrected chi connectivity index (χ2v) is 4.87. The van der Waals surface area contributed by atoms with Gasteiger partial charge in [0.25, 0.3) is 0 Å². The second-order valence-electron chi connectivity index (χ2n) is 4.87. The number of nitrogens with zero attached hydrogens (tertiary/aromatic N) is 2. The van der Waals surface area contributed by atoms with E-state index in [4.69, 9.17) is 0 Å². The molecule has 0 bridgehead atoms. The van der Waals surface area contributed by atoms with Crippen LogP contribution in [0.3, 0.4) is 0 Å². The fraction of sp³-hybridized carbons (Fsp3) is 0.357. The summed E-state index contributed by atoms with van der Waals surface area (Å²) in [6.07, 6.45) is 0.281. The van der Waals surface area contributed by atoms with Gasteiger partial charge in [0.1, 0.15) is 18.1 Å². The third-order valence-electron chi connectivity index (χ3n) is 3.33. The Kier molecular flexibility index (Phi) is 5.03.